The van der Waals surface area contributed by atoms with E-state index in [1.54, 1.807) is 0 Å². The molecule has 0 unspecified atom stereocenters. The fraction of sp³-hybridized carbons (Fsp3) is 0.348. The molecule has 0 radical (unpaired) electrons. The fourth-order valence-corrected chi connectivity index (χ4v) is 5.61. The van der Waals surface area contributed by atoms with E-state index in [0.717, 1.165) is 19.1 Å². The van der Waals surface area contributed by atoms with Gasteiger partial charge in [-0.1, -0.05) is 40.9 Å². The molecular formula is C23H16Cl3F10NO3S. The molecule has 0 saturated heterocycles. The minimum atomic E-state index is -5.37. The van der Waals surface area contributed by atoms with E-state index < -0.39 is 95.9 Å². The Bertz CT molecular complexity index is 1410. The quantitative estimate of drug-likeness (QED) is 0.225. The summed E-state index contributed by atoms with van der Waals surface area (Å²) in [6, 6.07) is 0.899. The molecule has 0 fully saturated rings. The smallest absolute Gasteiger partial charge is 0.349 e. The topological polar surface area (TPSA) is 63.2 Å². The standard InChI is InChI=1S/C23H16Cl3F10NO3S/c1-10(8-41(39,40)9-21(28,29)30)37-20(38)13-3-2-11(4-15(13)23(34,35)36)18(27)7-14(22(31,32)33)12-5-16(24)19(26)17(25)6-12/h2-7,10,14H,8-9H2,1H3,(H,37,38)/b18-7-/t10-,14-/m1/s1. The second-order valence-corrected chi connectivity index (χ2v) is 11.9. The van der Waals surface area contributed by atoms with Gasteiger partial charge in [0.2, 0.25) is 0 Å². The SMILES string of the molecule is C[C@H](CS(=O)(=O)CC(F)(F)F)NC(=O)c1ccc(/C(F)=C/[C@H](c2cc(Cl)c(Cl)c(Cl)c2)C(F)(F)F)cc1C(F)(F)F. The van der Waals surface area contributed by atoms with Crippen molar-refractivity contribution in [1.29, 1.82) is 0 Å². The number of carbonyl (C=O) groups is 1. The first-order valence-corrected chi connectivity index (χ1v) is 13.7. The number of hydrogen-bond donors (Lipinski definition) is 1. The number of nitrogens with one attached hydrogen (secondary N) is 1. The lowest BCUT2D eigenvalue weighted by Gasteiger charge is -2.20. The minimum absolute atomic E-state index is 0.0427. The van der Waals surface area contributed by atoms with Crippen molar-refractivity contribution in [3.05, 3.63) is 73.7 Å². The van der Waals surface area contributed by atoms with Crippen molar-refractivity contribution in [2.75, 3.05) is 11.5 Å². The molecule has 0 bridgehead atoms. The summed E-state index contributed by atoms with van der Waals surface area (Å²) < 4.78 is 158. The normalized spacial score (nSPS) is 15.0. The molecule has 18 heteroatoms. The molecule has 0 aliphatic heterocycles. The van der Waals surface area contributed by atoms with E-state index in [-0.39, 0.29) is 17.2 Å². The van der Waals surface area contributed by atoms with Gasteiger partial charge in [0.15, 0.2) is 9.84 Å². The average molecular weight is 683 g/mol. The summed E-state index contributed by atoms with van der Waals surface area (Å²) in [7, 11) is -4.81. The predicted octanol–water partition coefficient (Wildman–Crippen LogP) is 8.42. The first-order chi connectivity index (χ1) is 18.4. The molecular weight excluding hydrogens is 667 g/mol. The van der Waals surface area contributed by atoms with Crippen LogP contribution in [-0.4, -0.2) is 44.2 Å². The summed E-state index contributed by atoms with van der Waals surface area (Å²) in [6.07, 6.45) is -15.7. The highest BCUT2D eigenvalue weighted by Gasteiger charge is 2.41. The van der Waals surface area contributed by atoms with E-state index in [1.165, 1.54) is 0 Å². The van der Waals surface area contributed by atoms with Crippen LogP contribution < -0.4 is 5.32 Å². The molecule has 41 heavy (non-hydrogen) atoms. The van der Waals surface area contributed by atoms with Crippen molar-refractivity contribution in [3.8, 4) is 0 Å². The number of carbonyl (C=O) groups excluding carboxylic acids is 1. The molecule has 2 rings (SSSR count). The highest BCUT2D eigenvalue weighted by atomic mass is 35.5. The van der Waals surface area contributed by atoms with Gasteiger partial charge < -0.3 is 5.32 Å². The Labute approximate surface area is 241 Å². The van der Waals surface area contributed by atoms with Gasteiger partial charge in [0.25, 0.3) is 5.91 Å². The van der Waals surface area contributed by atoms with Gasteiger partial charge >= 0.3 is 18.5 Å². The molecule has 0 aromatic heterocycles. The lowest BCUT2D eigenvalue weighted by molar-refractivity contribution is -0.140. The number of alkyl halides is 9. The number of sulfone groups is 1. The summed E-state index contributed by atoms with van der Waals surface area (Å²) in [5.41, 5.74) is -4.72. The zero-order chi connectivity index (χ0) is 31.7. The Hall–Kier alpha value is -2.23. The Morgan fingerprint density at radius 3 is 1.95 bits per heavy atom. The van der Waals surface area contributed by atoms with Gasteiger partial charge in [-0.15, -0.1) is 0 Å². The maximum absolute atomic E-state index is 15.0. The minimum Gasteiger partial charge on any atom is -0.349 e. The van der Waals surface area contributed by atoms with Crippen molar-refractivity contribution in [1.82, 2.24) is 5.32 Å². The van der Waals surface area contributed by atoms with Crippen LogP contribution in [0, 0.1) is 0 Å². The third-order valence-corrected chi connectivity index (χ3v) is 8.11. The number of halogens is 13. The van der Waals surface area contributed by atoms with Crippen LogP contribution in [0.2, 0.25) is 15.1 Å². The maximum Gasteiger partial charge on any atom is 0.417 e. The first-order valence-electron chi connectivity index (χ1n) is 10.8. The lowest BCUT2D eigenvalue weighted by atomic mass is 9.95. The van der Waals surface area contributed by atoms with Gasteiger partial charge in [-0.2, -0.15) is 39.5 Å². The van der Waals surface area contributed by atoms with Gasteiger partial charge in [-0.3, -0.25) is 4.79 Å². The van der Waals surface area contributed by atoms with Crippen LogP contribution in [0.5, 0.6) is 0 Å². The van der Waals surface area contributed by atoms with E-state index >= 15 is 0 Å². The van der Waals surface area contributed by atoms with Crippen molar-refractivity contribution in [2.45, 2.75) is 37.4 Å². The Kier molecular flexibility index (Phi) is 10.7. The maximum atomic E-state index is 15.0. The predicted molar refractivity (Wildman–Crippen MR) is 132 cm³/mol. The van der Waals surface area contributed by atoms with Gasteiger partial charge in [0.05, 0.1) is 31.9 Å². The zero-order valence-corrected chi connectivity index (χ0v) is 23.2. The Balaban J connectivity index is 2.46. The van der Waals surface area contributed by atoms with Crippen molar-refractivity contribution in [2.24, 2.45) is 0 Å². The van der Waals surface area contributed by atoms with Gasteiger partial charge in [0.1, 0.15) is 17.5 Å². The van der Waals surface area contributed by atoms with Crippen LogP contribution in [0.1, 0.15) is 39.9 Å². The number of benzene rings is 2. The van der Waals surface area contributed by atoms with E-state index in [2.05, 4.69) is 0 Å². The molecule has 0 aliphatic rings. The first kappa shape index (κ1) is 35.0. The number of allylic oxidation sites excluding steroid dienone is 1. The zero-order valence-electron chi connectivity index (χ0n) is 20.1. The fourth-order valence-electron chi connectivity index (χ4n) is 3.53. The average Bonchev–Trinajstić information content (AvgIpc) is 2.76. The molecule has 1 N–H and O–H groups in total. The molecule has 228 valence electrons. The van der Waals surface area contributed by atoms with E-state index in [1.807, 2.05) is 5.32 Å². The van der Waals surface area contributed by atoms with Crippen LogP contribution in [0.15, 0.2) is 36.4 Å². The summed E-state index contributed by atoms with van der Waals surface area (Å²) in [6.45, 7) is 0.919. The van der Waals surface area contributed by atoms with Crippen LogP contribution >= 0.6 is 34.8 Å². The third kappa shape index (κ3) is 9.93. The number of amides is 1. The largest absolute Gasteiger partial charge is 0.417 e. The highest BCUT2D eigenvalue weighted by Crippen LogP contribution is 2.43. The highest BCUT2D eigenvalue weighted by molar-refractivity contribution is 7.91. The molecule has 2 aromatic carbocycles. The van der Waals surface area contributed by atoms with Gasteiger partial charge in [-0.05, 0) is 42.8 Å². The van der Waals surface area contributed by atoms with Crippen LogP contribution in [0.25, 0.3) is 5.83 Å². The number of rotatable bonds is 8. The van der Waals surface area contributed by atoms with E-state index in [9.17, 15) is 57.1 Å². The Morgan fingerprint density at radius 1 is 0.951 bits per heavy atom. The molecule has 0 spiro atoms. The molecule has 2 atom stereocenters. The van der Waals surface area contributed by atoms with E-state index in [0.29, 0.717) is 12.1 Å². The van der Waals surface area contributed by atoms with Gasteiger partial charge in [0, 0.05) is 11.6 Å². The molecule has 0 saturated carbocycles. The Morgan fingerprint density at radius 2 is 1.49 bits per heavy atom. The van der Waals surface area contributed by atoms with Gasteiger partial charge in [-0.25, -0.2) is 12.8 Å². The van der Waals surface area contributed by atoms with Crippen LogP contribution in [-0.2, 0) is 16.0 Å². The van der Waals surface area contributed by atoms with Crippen molar-refractivity contribution < 1.29 is 57.1 Å². The molecule has 4 nitrogen and oxygen atoms in total. The van der Waals surface area contributed by atoms with Crippen LogP contribution in [0.3, 0.4) is 0 Å². The lowest BCUT2D eigenvalue weighted by Crippen LogP contribution is -2.40. The molecule has 0 aliphatic carbocycles. The molecule has 2 aromatic rings. The van der Waals surface area contributed by atoms with Crippen molar-refractivity contribution >= 4 is 56.4 Å². The summed E-state index contributed by atoms with van der Waals surface area (Å²) in [5.74, 6) is -9.61. The van der Waals surface area contributed by atoms with Crippen molar-refractivity contribution in [3.63, 3.8) is 0 Å². The second kappa shape index (κ2) is 12.6. The number of hydrogen-bond acceptors (Lipinski definition) is 3. The molecule has 1 amide bonds. The monoisotopic (exact) mass is 681 g/mol. The third-order valence-electron chi connectivity index (χ3n) is 5.14. The summed E-state index contributed by atoms with van der Waals surface area (Å²) in [4.78, 5) is 12.4. The molecule has 0 heterocycles. The second-order valence-electron chi connectivity index (χ2n) is 8.63. The summed E-state index contributed by atoms with van der Waals surface area (Å²) >= 11 is 17.2. The summed E-state index contributed by atoms with van der Waals surface area (Å²) in [5, 5.41) is 0.697. The van der Waals surface area contributed by atoms with Crippen LogP contribution in [0.4, 0.5) is 43.9 Å². The van der Waals surface area contributed by atoms with E-state index in [4.69, 9.17) is 34.8 Å².